The van der Waals surface area contributed by atoms with Gasteiger partial charge < -0.3 is 10.1 Å². The van der Waals surface area contributed by atoms with E-state index in [1.54, 1.807) is 0 Å². The SMILES string of the molecule is CC(C)COC1CC(NCC2CCCS2)C1(C)C. The molecule has 106 valence electrons. The second-order valence-corrected chi connectivity index (χ2v) is 8.28. The normalized spacial score (nSPS) is 34.8. The fourth-order valence-electron chi connectivity index (χ4n) is 2.90. The molecule has 1 aliphatic carbocycles. The zero-order chi connectivity index (χ0) is 13.2. The van der Waals surface area contributed by atoms with E-state index in [2.05, 4.69) is 44.8 Å². The molecule has 0 amide bonds. The van der Waals surface area contributed by atoms with Crippen LogP contribution < -0.4 is 5.32 Å². The highest BCUT2D eigenvalue weighted by atomic mass is 32.2. The molecule has 2 aliphatic rings. The minimum absolute atomic E-state index is 0.304. The van der Waals surface area contributed by atoms with Crippen molar-refractivity contribution in [3.8, 4) is 0 Å². The van der Waals surface area contributed by atoms with Crippen LogP contribution in [-0.2, 0) is 4.74 Å². The lowest BCUT2D eigenvalue weighted by Crippen LogP contribution is -2.61. The maximum atomic E-state index is 6.01. The van der Waals surface area contributed by atoms with Gasteiger partial charge in [-0.1, -0.05) is 27.7 Å². The van der Waals surface area contributed by atoms with E-state index in [0.29, 0.717) is 23.5 Å². The molecule has 2 nitrogen and oxygen atoms in total. The van der Waals surface area contributed by atoms with E-state index in [-0.39, 0.29) is 0 Å². The lowest BCUT2D eigenvalue weighted by atomic mass is 9.64. The largest absolute Gasteiger partial charge is 0.377 e. The molecule has 0 aromatic carbocycles. The molecule has 3 atom stereocenters. The topological polar surface area (TPSA) is 21.3 Å². The fraction of sp³-hybridized carbons (Fsp3) is 1.00. The molecule has 0 spiro atoms. The number of nitrogens with one attached hydrogen (secondary N) is 1. The Bertz CT molecular complexity index is 261. The van der Waals surface area contributed by atoms with Crippen LogP contribution in [-0.4, -0.2) is 36.3 Å². The number of hydrogen-bond donors (Lipinski definition) is 1. The Morgan fingerprint density at radius 3 is 2.72 bits per heavy atom. The summed E-state index contributed by atoms with van der Waals surface area (Å²) in [6.07, 6.45) is 4.45. The molecule has 1 saturated carbocycles. The molecule has 3 heteroatoms. The van der Waals surface area contributed by atoms with E-state index in [4.69, 9.17) is 4.74 Å². The highest BCUT2D eigenvalue weighted by Gasteiger charge is 2.48. The van der Waals surface area contributed by atoms with E-state index in [9.17, 15) is 0 Å². The molecule has 1 saturated heterocycles. The van der Waals surface area contributed by atoms with Crippen LogP contribution >= 0.6 is 11.8 Å². The first-order chi connectivity index (χ1) is 8.50. The monoisotopic (exact) mass is 271 g/mol. The molecular weight excluding hydrogens is 242 g/mol. The van der Waals surface area contributed by atoms with Gasteiger partial charge in [-0.3, -0.25) is 0 Å². The van der Waals surface area contributed by atoms with E-state index in [1.165, 1.54) is 31.6 Å². The highest BCUT2D eigenvalue weighted by Crippen LogP contribution is 2.43. The van der Waals surface area contributed by atoms with Gasteiger partial charge in [-0.05, 0) is 30.9 Å². The lowest BCUT2D eigenvalue weighted by Gasteiger charge is -2.52. The van der Waals surface area contributed by atoms with Crippen LogP contribution in [0.2, 0.25) is 0 Å². The summed E-state index contributed by atoms with van der Waals surface area (Å²) in [6.45, 7) is 11.2. The van der Waals surface area contributed by atoms with Crippen LogP contribution in [0.1, 0.15) is 47.0 Å². The third-order valence-electron chi connectivity index (χ3n) is 4.42. The summed E-state index contributed by atoms with van der Waals surface area (Å²) in [4.78, 5) is 0. The highest BCUT2D eigenvalue weighted by molar-refractivity contribution is 8.00. The van der Waals surface area contributed by atoms with Crippen LogP contribution in [0.25, 0.3) is 0 Å². The van der Waals surface area contributed by atoms with Crippen molar-refractivity contribution in [1.29, 1.82) is 0 Å². The summed E-state index contributed by atoms with van der Waals surface area (Å²) in [7, 11) is 0. The Morgan fingerprint density at radius 1 is 1.39 bits per heavy atom. The first kappa shape index (κ1) is 14.7. The molecule has 3 unspecified atom stereocenters. The maximum Gasteiger partial charge on any atom is 0.0656 e. The van der Waals surface area contributed by atoms with E-state index < -0.39 is 0 Å². The second-order valence-electron chi connectivity index (χ2n) is 6.87. The Balaban J connectivity index is 1.69. The van der Waals surface area contributed by atoms with Gasteiger partial charge in [0.15, 0.2) is 0 Å². The van der Waals surface area contributed by atoms with Crippen molar-refractivity contribution in [2.75, 3.05) is 18.9 Å². The van der Waals surface area contributed by atoms with Crippen LogP contribution in [0.5, 0.6) is 0 Å². The molecule has 1 heterocycles. The van der Waals surface area contributed by atoms with Crippen LogP contribution in [0.4, 0.5) is 0 Å². The maximum absolute atomic E-state index is 6.01. The quantitative estimate of drug-likeness (QED) is 0.801. The van der Waals surface area contributed by atoms with Gasteiger partial charge in [-0.2, -0.15) is 11.8 Å². The molecule has 0 bridgehead atoms. The van der Waals surface area contributed by atoms with E-state index in [1.807, 2.05) is 0 Å². The van der Waals surface area contributed by atoms with Gasteiger partial charge >= 0.3 is 0 Å². The van der Waals surface area contributed by atoms with Crippen LogP contribution in [0, 0.1) is 11.3 Å². The van der Waals surface area contributed by atoms with Crippen LogP contribution in [0.15, 0.2) is 0 Å². The lowest BCUT2D eigenvalue weighted by molar-refractivity contribution is -0.123. The zero-order valence-electron chi connectivity index (χ0n) is 12.4. The summed E-state index contributed by atoms with van der Waals surface area (Å²) in [6, 6.07) is 0.649. The van der Waals surface area contributed by atoms with Crippen molar-refractivity contribution < 1.29 is 4.74 Å². The van der Waals surface area contributed by atoms with Gasteiger partial charge in [-0.25, -0.2) is 0 Å². The van der Waals surface area contributed by atoms with Gasteiger partial charge in [0, 0.05) is 29.9 Å². The third kappa shape index (κ3) is 3.43. The van der Waals surface area contributed by atoms with Gasteiger partial charge in [0.25, 0.3) is 0 Å². The molecule has 0 radical (unpaired) electrons. The molecule has 0 aromatic heterocycles. The standard InChI is InChI=1S/C15H29NOS/c1-11(2)10-17-14-8-13(15(14,3)4)16-9-12-6-5-7-18-12/h11-14,16H,5-10H2,1-4H3. The predicted molar refractivity (Wildman–Crippen MR) is 80.2 cm³/mol. The van der Waals surface area contributed by atoms with Crippen molar-refractivity contribution in [1.82, 2.24) is 5.32 Å². The zero-order valence-corrected chi connectivity index (χ0v) is 13.2. The molecule has 1 N–H and O–H groups in total. The van der Waals surface area contributed by atoms with E-state index >= 15 is 0 Å². The molecule has 2 fully saturated rings. The predicted octanol–water partition coefficient (Wildman–Crippen LogP) is 3.31. The summed E-state index contributed by atoms with van der Waals surface area (Å²) in [5.41, 5.74) is 0.304. The Labute approximate surface area is 117 Å². The number of thioether (sulfide) groups is 1. The van der Waals surface area contributed by atoms with Crippen molar-refractivity contribution in [3.63, 3.8) is 0 Å². The molecular formula is C15H29NOS. The van der Waals surface area contributed by atoms with Gasteiger partial charge in [0.1, 0.15) is 0 Å². The van der Waals surface area contributed by atoms with Crippen LogP contribution in [0.3, 0.4) is 0 Å². The summed E-state index contributed by atoms with van der Waals surface area (Å²) >= 11 is 2.14. The first-order valence-electron chi connectivity index (χ1n) is 7.46. The number of hydrogen-bond acceptors (Lipinski definition) is 3. The number of rotatable bonds is 6. The first-order valence-corrected chi connectivity index (χ1v) is 8.51. The Kier molecular flexibility index (Phi) is 5.01. The average molecular weight is 271 g/mol. The van der Waals surface area contributed by atoms with Gasteiger partial charge in [0.2, 0.25) is 0 Å². The smallest absolute Gasteiger partial charge is 0.0656 e. The second kappa shape index (κ2) is 6.15. The number of ether oxygens (including phenoxy) is 1. The van der Waals surface area contributed by atoms with Crippen molar-refractivity contribution in [2.45, 2.75) is 64.4 Å². The van der Waals surface area contributed by atoms with E-state index in [0.717, 1.165) is 11.9 Å². The van der Waals surface area contributed by atoms with Crippen molar-refractivity contribution >= 4 is 11.8 Å². The van der Waals surface area contributed by atoms with Gasteiger partial charge in [0.05, 0.1) is 6.10 Å². The molecule has 1 aliphatic heterocycles. The summed E-state index contributed by atoms with van der Waals surface area (Å²) < 4.78 is 6.01. The third-order valence-corrected chi connectivity index (χ3v) is 5.82. The van der Waals surface area contributed by atoms with Gasteiger partial charge in [-0.15, -0.1) is 0 Å². The molecule has 2 rings (SSSR count). The minimum atomic E-state index is 0.304. The molecule has 0 aromatic rings. The Hall–Kier alpha value is 0.270. The summed E-state index contributed by atoms with van der Waals surface area (Å²) in [5, 5.41) is 4.63. The average Bonchev–Trinajstić information content (AvgIpc) is 2.79. The van der Waals surface area contributed by atoms with Crippen molar-refractivity contribution in [2.24, 2.45) is 11.3 Å². The summed E-state index contributed by atoms with van der Waals surface area (Å²) in [5.74, 6) is 2.00. The molecule has 18 heavy (non-hydrogen) atoms. The minimum Gasteiger partial charge on any atom is -0.377 e. The Morgan fingerprint density at radius 2 is 2.17 bits per heavy atom. The fourth-order valence-corrected chi connectivity index (χ4v) is 4.12. The van der Waals surface area contributed by atoms with Crippen molar-refractivity contribution in [3.05, 3.63) is 0 Å².